The smallest absolute Gasteiger partial charge is 0.317 e. The number of pyridine rings is 1. The van der Waals surface area contributed by atoms with Gasteiger partial charge in [0.05, 0.1) is 5.69 Å². The Kier molecular flexibility index (Phi) is 11.6. The molecule has 1 aliphatic heterocycles. The van der Waals surface area contributed by atoms with Crippen molar-refractivity contribution in [2.45, 2.75) is 102 Å². The molecule has 2 aliphatic rings. The molecule has 2 heterocycles. The van der Waals surface area contributed by atoms with Gasteiger partial charge in [0, 0.05) is 50.0 Å². The number of halogens is 1. The normalized spacial score (nSPS) is 21.9. The van der Waals surface area contributed by atoms with Crippen molar-refractivity contribution in [1.82, 2.24) is 15.2 Å². The van der Waals surface area contributed by atoms with Crippen molar-refractivity contribution in [1.29, 1.82) is 0 Å². The Morgan fingerprint density at radius 1 is 1.29 bits per heavy atom. The van der Waals surface area contributed by atoms with Crippen LogP contribution in [-0.2, 0) is 10.3 Å². The third kappa shape index (κ3) is 8.33. The van der Waals surface area contributed by atoms with Crippen LogP contribution < -0.4 is 5.32 Å². The topological polar surface area (TPSA) is 74.7 Å². The molecule has 6 nitrogen and oxygen atoms in total. The fourth-order valence-electron chi connectivity index (χ4n) is 6.06. The average Bonchev–Trinajstić information content (AvgIpc) is 2.87. The van der Waals surface area contributed by atoms with Gasteiger partial charge in [-0.3, -0.25) is 4.98 Å². The lowest BCUT2D eigenvalue weighted by molar-refractivity contribution is -0.0596. The lowest BCUT2D eigenvalue weighted by Crippen LogP contribution is -2.52. The van der Waals surface area contributed by atoms with Gasteiger partial charge in [-0.1, -0.05) is 57.0 Å². The molecule has 1 aliphatic carbocycles. The summed E-state index contributed by atoms with van der Waals surface area (Å²) in [6.07, 6.45) is 15.4. The van der Waals surface area contributed by atoms with E-state index in [9.17, 15) is 9.90 Å². The number of hydrogen-bond acceptors (Lipinski definition) is 4. The second-order valence-electron chi connectivity index (χ2n) is 10.7. The fraction of sp³-hybridized carbons (Fsp3) is 0.786. The molecular formula is C28H46ClN3O3. The van der Waals surface area contributed by atoms with Crippen LogP contribution in [-0.4, -0.2) is 53.9 Å². The summed E-state index contributed by atoms with van der Waals surface area (Å²) in [5, 5.41) is 15.9. The highest BCUT2D eigenvalue weighted by atomic mass is 35.5. The van der Waals surface area contributed by atoms with Crippen LogP contribution >= 0.6 is 11.6 Å². The summed E-state index contributed by atoms with van der Waals surface area (Å²) < 4.78 is 5.21. The number of amides is 2. The number of urea groups is 1. The highest BCUT2D eigenvalue weighted by Crippen LogP contribution is 2.39. The minimum Gasteiger partial charge on any atom is -0.385 e. The van der Waals surface area contributed by atoms with Gasteiger partial charge in [-0.2, -0.15) is 0 Å². The summed E-state index contributed by atoms with van der Waals surface area (Å²) in [7, 11) is 1.70. The maximum absolute atomic E-state index is 13.4. The molecule has 0 bridgehead atoms. The molecule has 1 saturated heterocycles. The van der Waals surface area contributed by atoms with Crippen LogP contribution in [0.5, 0.6) is 0 Å². The van der Waals surface area contributed by atoms with E-state index in [1.54, 1.807) is 25.4 Å². The summed E-state index contributed by atoms with van der Waals surface area (Å²) in [4.78, 5) is 19.8. The number of rotatable bonds is 12. The van der Waals surface area contributed by atoms with E-state index < -0.39 is 5.60 Å². The predicted octanol–water partition coefficient (Wildman–Crippen LogP) is 6.30. The molecule has 0 aromatic carbocycles. The van der Waals surface area contributed by atoms with Crippen LogP contribution in [0.3, 0.4) is 0 Å². The molecule has 1 aromatic rings. The lowest BCUT2D eigenvalue weighted by atomic mass is 9.76. The Morgan fingerprint density at radius 2 is 2.09 bits per heavy atom. The first-order valence-corrected chi connectivity index (χ1v) is 14.2. The number of carbonyl (C=O) groups excluding carboxylic acids is 1. The number of methoxy groups -OCH3 is 1. The lowest BCUT2D eigenvalue weighted by Gasteiger charge is -2.42. The molecule has 0 unspecified atom stereocenters. The fourth-order valence-corrected chi connectivity index (χ4v) is 6.22. The molecular weight excluding hydrogens is 462 g/mol. The monoisotopic (exact) mass is 507 g/mol. The summed E-state index contributed by atoms with van der Waals surface area (Å²) in [5.41, 5.74) is -0.515. The minimum absolute atomic E-state index is 0.0183. The van der Waals surface area contributed by atoms with Crippen molar-refractivity contribution in [3.05, 3.63) is 29.0 Å². The maximum atomic E-state index is 13.4. The van der Waals surface area contributed by atoms with Gasteiger partial charge < -0.3 is 20.1 Å². The molecule has 2 fully saturated rings. The molecule has 0 spiro atoms. The molecule has 1 saturated carbocycles. The molecule has 7 heteroatoms. The molecule has 35 heavy (non-hydrogen) atoms. The Bertz CT molecular complexity index is 774. The first kappa shape index (κ1) is 28.2. The third-order valence-corrected chi connectivity index (χ3v) is 8.25. The summed E-state index contributed by atoms with van der Waals surface area (Å²) in [6, 6.07) is 3.76. The molecule has 0 radical (unpaired) electrons. The SMILES string of the molecule is CCC[C@H](CC1CCCCC1)NC(=O)N1CCC[C@@H]([C@@](O)(CCCCOC)c2cc(Cl)ccn2)C1. The van der Waals surface area contributed by atoms with Crippen molar-refractivity contribution in [2.24, 2.45) is 11.8 Å². The number of nitrogens with one attached hydrogen (secondary N) is 1. The van der Waals surface area contributed by atoms with E-state index in [1.807, 2.05) is 4.90 Å². The van der Waals surface area contributed by atoms with E-state index >= 15 is 0 Å². The van der Waals surface area contributed by atoms with E-state index in [0.29, 0.717) is 30.3 Å². The van der Waals surface area contributed by atoms with E-state index in [4.69, 9.17) is 16.3 Å². The second-order valence-corrected chi connectivity index (χ2v) is 11.1. The number of piperidine rings is 1. The first-order chi connectivity index (χ1) is 17.0. The maximum Gasteiger partial charge on any atom is 0.317 e. The first-order valence-electron chi connectivity index (χ1n) is 13.8. The summed E-state index contributed by atoms with van der Waals surface area (Å²) in [5.74, 6) is 0.652. The number of ether oxygens (including phenoxy) is 1. The van der Waals surface area contributed by atoms with E-state index in [0.717, 1.165) is 57.4 Å². The van der Waals surface area contributed by atoms with Gasteiger partial charge in [-0.25, -0.2) is 4.79 Å². The van der Waals surface area contributed by atoms with Gasteiger partial charge in [-0.15, -0.1) is 0 Å². The van der Waals surface area contributed by atoms with Crippen LogP contribution in [0.4, 0.5) is 4.79 Å². The zero-order valence-electron chi connectivity index (χ0n) is 21.8. The van der Waals surface area contributed by atoms with Crippen molar-refractivity contribution < 1.29 is 14.6 Å². The van der Waals surface area contributed by atoms with Crippen LogP contribution in [0.25, 0.3) is 0 Å². The highest BCUT2D eigenvalue weighted by Gasteiger charge is 2.42. The average molecular weight is 508 g/mol. The minimum atomic E-state index is -1.12. The molecule has 2 N–H and O–H groups in total. The van der Waals surface area contributed by atoms with Crippen molar-refractivity contribution in [3.63, 3.8) is 0 Å². The number of likely N-dealkylation sites (tertiary alicyclic amines) is 1. The van der Waals surface area contributed by atoms with Gasteiger partial charge in [0.15, 0.2) is 0 Å². The zero-order chi connectivity index (χ0) is 25.1. The Labute approximate surface area is 217 Å². The van der Waals surface area contributed by atoms with Crippen LogP contribution in [0.1, 0.15) is 96.1 Å². The van der Waals surface area contributed by atoms with Gasteiger partial charge in [0.25, 0.3) is 0 Å². The quantitative estimate of drug-likeness (QED) is 0.325. The van der Waals surface area contributed by atoms with Gasteiger partial charge in [0.2, 0.25) is 0 Å². The zero-order valence-corrected chi connectivity index (χ0v) is 22.6. The Hall–Kier alpha value is -1.37. The standard InChI is InChI=1S/C28H46ClN3O3/c1-3-10-25(19-22-11-5-4-6-12-22)31-27(33)32-17-9-13-23(21-32)28(34,15-7-8-18-35-2)26-20-24(29)14-16-30-26/h14,16,20,22-23,25,34H,3-13,15,17-19,21H2,1-2H3,(H,31,33)/t23-,25-,28+/m1/s1. The van der Waals surface area contributed by atoms with Crippen LogP contribution in [0.15, 0.2) is 18.3 Å². The molecule has 3 atom stereocenters. The summed E-state index contributed by atoms with van der Waals surface area (Å²) >= 11 is 6.27. The number of carbonyl (C=O) groups is 1. The highest BCUT2D eigenvalue weighted by molar-refractivity contribution is 6.30. The third-order valence-electron chi connectivity index (χ3n) is 8.01. The van der Waals surface area contributed by atoms with Crippen molar-refractivity contribution >= 4 is 17.6 Å². The Balaban J connectivity index is 1.67. The van der Waals surface area contributed by atoms with Crippen molar-refractivity contribution in [2.75, 3.05) is 26.8 Å². The largest absolute Gasteiger partial charge is 0.385 e. The van der Waals surface area contributed by atoms with Crippen molar-refractivity contribution in [3.8, 4) is 0 Å². The van der Waals surface area contributed by atoms with E-state index in [-0.39, 0.29) is 18.0 Å². The van der Waals surface area contributed by atoms with Crippen LogP contribution in [0, 0.1) is 11.8 Å². The van der Waals surface area contributed by atoms with E-state index in [1.165, 1.54) is 32.1 Å². The second kappa shape index (κ2) is 14.4. The number of aliphatic hydroxyl groups is 1. The predicted molar refractivity (Wildman–Crippen MR) is 142 cm³/mol. The number of nitrogens with zero attached hydrogens (tertiary/aromatic N) is 2. The molecule has 2 amide bonds. The van der Waals surface area contributed by atoms with Gasteiger partial charge in [-0.05, 0) is 63.0 Å². The molecule has 3 rings (SSSR count). The van der Waals surface area contributed by atoms with Gasteiger partial charge in [0.1, 0.15) is 5.60 Å². The Morgan fingerprint density at radius 3 is 2.80 bits per heavy atom. The van der Waals surface area contributed by atoms with E-state index in [2.05, 4.69) is 17.2 Å². The summed E-state index contributed by atoms with van der Waals surface area (Å²) in [6.45, 7) is 4.12. The van der Waals surface area contributed by atoms with Crippen LogP contribution in [0.2, 0.25) is 5.02 Å². The van der Waals surface area contributed by atoms with Gasteiger partial charge >= 0.3 is 6.03 Å². The molecule has 1 aromatic heterocycles. The molecule has 198 valence electrons. The number of aromatic nitrogens is 1. The number of unbranched alkanes of at least 4 members (excludes halogenated alkanes) is 1. The number of hydrogen-bond donors (Lipinski definition) is 2.